The van der Waals surface area contributed by atoms with Crippen LogP contribution < -0.4 is 0 Å². The van der Waals surface area contributed by atoms with Crippen LogP contribution in [0.4, 0.5) is 8.78 Å². The Bertz CT molecular complexity index is 48.9. The molecule has 0 radical (unpaired) electrons. The summed E-state index contributed by atoms with van der Waals surface area (Å²) in [6.45, 7) is -1.00. The van der Waals surface area contributed by atoms with Crippen molar-refractivity contribution in [2.24, 2.45) is 0 Å². The molecule has 1 atom stereocenters. The van der Waals surface area contributed by atoms with E-state index in [1.807, 2.05) is 0 Å². The summed E-state index contributed by atoms with van der Waals surface area (Å²) in [5.74, 6) is 0. The average Bonchev–Trinajstić information content (AvgIpc) is 1.68. The normalized spacial score (nSPS) is 18.9. The molecule has 0 aromatic heterocycles. The average molecular weight is 238 g/mol. The first-order valence-corrected chi connectivity index (χ1v) is 3.53. The van der Waals surface area contributed by atoms with Crippen LogP contribution in [-0.4, -0.2) is 16.6 Å². The summed E-state index contributed by atoms with van der Waals surface area (Å²) in [6.07, 6.45) is 0. The lowest BCUT2D eigenvalue weighted by molar-refractivity contribution is 0.259. The van der Waals surface area contributed by atoms with Gasteiger partial charge in [0.05, 0.1) is 5.33 Å². The second-order valence-corrected chi connectivity index (χ2v) is 3.11. The van der Waals surface area contributed by atoms with Crippen molar-refractivity contribution in [1.29, 1.82) is 0 Å². The molecule has 0 aromatic carbocycles. The van der Waals surface area contributed by atoms with Crippen molar-refractivity contribution in [3.63, 3.8) is 0 Å². The molecule has 1 unspecified atom stereocenters. The van der Waals surface area contributed by atoms with Crippen LogP contribution in [0.5, 0.6) is 0 Å². The largest absolute Gasteiger partial charge is 0.247 e. The highest BCUT2D eigenvalue weighted by molar-refractivity contribution is 9.12. The number of alkyl halides is 4. The van der Waals surface area contributed by atoms with Gasteiger partial charge < -0.3 is 0 Å². The minimum atomic E-state index is -1.85. The van der Waals surface area contributed by atoms with E-state index in [0.717, 1.165) is 0 Å². The third-order valence-corrected chi connectivity index (χ3v) is 2.52. The summed E-state index contributed by atoms with van der Waals surface area (Å²) in [5.41, 5.74) is 0. The fourth-order valence-electron chi connectivity index (χ4n) is 0.0357. The summed E-state index contributed by atoms with van der Waals surface area (Å²) >= 11 is 5.26. The molecule has 0 heterocycles. The highest BCUT2D eigenvalue weighted by Crippen LogP contribution is 2.22. The molecule has 0 saturated carbocycles. The Morgan fingerprint density at radius 1 is 1.57 bits per heavy atom. The van der Waals surface area contributed by atoms with Gasteiger partial charge in [0.2, 0.25) is 4.58 Å². The maximum absolute atomic E-state index is 12.0. The number of hydrogen-bond donors (Lipinski definition) is 0. The Hall–Kier alpha value is 0.820. The molecule has 0 N–H and O–H groups in total. The molecule has 0 aliphatic rings. The van der Waals surface area contributed by atoms with Crippen LogP contribution in [0, 0.1) is 0 Å². The summed E-state index contributed by atoms with van der Waals surface area (Å²) in [6, 6.07) is 0. The minimum Gasteiger partial charge on any atom is -0.247 e. The van der Waals surface area contributed by atoms with E-state index in [9.17, 15) is 8.78 Å². The zero-order chi connectivity index (χ0) is 5.91. The van der Waals surface area contributed by atoms with Gasteiger partial charge in [0.1, 0.15) is 6.67 Å². The van der Waals surface area contributed by atoms with Gasteiger partial charge in [-0.2, -0.15) is 0 Å². The number of rotatable bonds is 2. The summed E-state index contributed by atoms with van der Waals surface area (Å²) < 4.78 is 21.5. The lowest BCUT2D eigenvalue weighted by Gasteiger charge is -2.06. The molecule has 0 nitrogen and oxygen atoms in total. The van der Waals surface area contributed by atoms with E-state index < -0.39 is 11.3 Å². The van der Waals surface area contributed by atoms with E-state index in [2.05, 4.69) is 31.9 Å². The van der Waals surface area contributed by atoms with Crippen molar-refractivity contribution in [1.82, 2.24) is 0 Å². The highest BCUT2D eigenvalue weighted by atomic mass is 79.9. The SMILES string of the molecule is FCC(F)(Br)CBr. The van der Waals surface area contributed by atoms with Crippen LogP contribution in [0.3, 0.4) is 0 Å². The topological polar surface area (TPSA) is 0 Å². The molecule has 4 heteroatoms. The molecular formula is C3H4Br2F2. The fraction of sp³-hybridized carbons (Fsp3) is 1.00. The molecule has 0 fully saturated rings. The van der Waals surface area contributed by atoms with E-state index in [4.69, 9.17) is 0 Å². The third kappa shape index (κ3) is 3.41. The first kappa shape index (κ1) is 7.82. The number of hydrogen-bond acceptors (Lipinski definition) is 0. The van der Waals surface area contributed by atoms with E-state index >= 15 is 0 Å². The zero-order valence-electron chi connectivity index (χ0n) is 3.43. The van der Waals surface area contributed by atoms with Crippen molar-refractivity contribution in [3.8, 4) is 0 Å². The van der Waals surface area contributed by atoms with Gasteiger partial charge in [0, 0.05) is 0 Å². The van der Waals surface area contributed by atoms with Crippen molar-refractivity contribution < 1.29 is 8.78 Å². The first-order chi connectivity index (χ1) is 3.12. The zero-order valence-corrected chi connectivity index (χ0v) is 6.60. The molecule has 0 rings (SSSR count). The van der Waals surface area contributed by atoms with Gasteiger partial charge in [-0.15, -0.1) is 0 Å². The van der Waals surface area contributed by atoms with E-state index in [1.54, 1.807) is 0 Å². The van der Waals surface area contributed by atoms with Crippen LogP contribution in [-0.2, 0) is 0 Å². The number of halogens is 4. The standard InChI is InChI=1S/C3H4Br2F2/c4-1-3(5,7)2-6/h1-2H2. The van der Waals surface area contributed by atoms with Crippen molar-refractivity contribution in [2.45, 2.75) is 4.58 Å². The van der Waals surface area contributed by atoms with Crippen LogP contribution in [0.1, 0.15) is 0 Å². The quantitative estimate of drug-likeness (QED) is 0.648. The van der Waals surface area contributed by atoms with Crippen molar-refractivity contribution >= 4 is 31.9 Å². The second-order valence-electron chi connectivity index (χ2n) is 1.12. The fourth-order valence-corrected chi connectivity index (χ4v) is 0.186. The first-order valence-electron chi connectivity index (χ1n) is 1.62. The molecule has 0 aliphatic heterocycles. The van der Waals surface area contributed by atoms with Gasteiger partial charge in [-0.25, -0.2) is 8.78 Å². The summed E-state index contributed by atoms with van der Waals surface area (Å²) in [4.78, 5) is 0. The smallest absolute Gasteiger partial charge is 0.202 e. The Morgan fingerprint density at radius 2 is 2.00 bits per heavy atom. The molecule has 0 amide bonds. The lowest BCUT2D eigenvalue weighted by atomic mass is 10.5. The second kappa shape index (κ2) is 2.97. The monoisotopic (exact) mass is 236 g/mol. The molecule has 44 valence electrons. The van der Waals surface area contributed by atoms with Crippen LogP contribution in [0.15, 0.2) is 0 Å². The van der Waals surface area contributed by atoms with Gasteiger partial charge in [-0.1, -0.05) is 15.9 Å². The van der Waals surface area contributed by atoms with Gasteiger partial charge in [0.15, 0.2) is 0 Å². The maximum Gasteiger partial charge on any atom is 0.202 e. The highest BCUT2D eigenvalue weighted by Gasteiger charge is 2.22. The molecule has 0 bridgehead atoms. The molecular weight excluding hydrogens is 234 g/mol. The van der Waals surface area contributed by atoms with Crippen molar-refractivity contribution in [2.75, 3.05) is 12.0 Å². The predicted molar refractivity (Wildman–Crippen MR) is 32.5 cm³/mol. The van der Waals surface area contributed by atoms with Gasteiger partial charge in [-0.3, -0.25) is 0 Å². The summed E-state index contributed by atoms with van der Waals surface area (Å²) in [7, 11) is 0. The van der Waals surface area contributed by atoms with Crippen LogP contribution in [0.25, 0.3) is 0 Å². The van der Waals surface area contributed by atoms with E-state index in [-0.39, 0.29) is 5.33 Å². The van der Waals surface area contributed by atoms with E-state index in [0.29, 0.717) is 0 Å². The molecule has 0 spiro atoms. The summed E-state index contributed by atoms with van der Waals surface area (Å²) in [5, 5.41) is -0.0174. The van der Waals surface area contributed by atoms with Crippen molar-refractivity contribution in [3.05, 3.63) is 0 Å². The van der Waals surface area contributed by atoms with Gasteiger partial charge in [0.25, 0.3) is 0 Å². The molecule has 7 heavy (non-hydrogen) atoms. The van der Waals surface area contributed by atoms with Gasteiger partial charge in [-0.05, 0) is 15.9 Å². The Labute approximate surface area is 57.5 Å². The third-order valence-electron chi connectivity index (χ3n) is 0.391. The molecule has 0 aliphatic carbocycles. The Kier molecular flexibility index (Phi) is 3.32. The predicted octanol–water partition coefficient (Wildman–Crippen LogP) is 2.41. The van der Waals surface area contributed by atoms with Crippen LogP contribution in [0.2, 0.25) is 0 Å². The lowest BCUT2D eigenvalue weighted by Crippen LogP contribution is -2.17. The van der Waals surface area contributed by atoms with E-state index in [1.165, 1.54) is 0 Å². The van der Waals surface area contributed by atoms with Crippen LogP contribution >= 0.6 is 31.9 Å². The maximum atomic E-state index is 12.0. The Balaban J connectivity index is 3.36. The molecule has 0 saturated heterocycles. The Morgan fingerprint density at radius 3 is 2.00 bits per heavy atom. The minimum absolute atomic E-state index is 0.0174. The molecule has 0 aromatic rings. The van der Waals surface area contributed by atoms with Gasteiger partial charge >= 0.3 is 0 Å².